The van der Waals surface area contributed by atoms with E-state index in [1.165, 1.54) is 6.07 Å². The molecular weight excluding hydrogens is 349 g/mol. The van der Waals surface area contributed by atoms with Crippen molar-refractivity contribution in [1.29, 1.82) is 0 Å². The molecule has 27 heavy (non-hydrogen) atoms. The lowest BCUT2D eigenvalue weighted by Crippen LogP contribution is -2.47. The Morgan fingerprint density at radius 3 is 2.48 bits per heavy atom. The molecular formula is C19H24FN5O2. The molecule has 144 valence electrons. The zero-order valence-corrected chi connectivity index (χ0v) is 15.9. The van der Waals surface area contributed by atoms with Gasteiger partial charge in [0.2, 0.25) is 0 Å². The monoisotopic (exact) mass is 373 g/mol. The minimum absolute atomic E-state index is 0.142. The van der Waals surface area contributed by atoms with Gasteiger partial charge in [-0.25, -0.2) is 19.3 Å². The van der Waals surface area contributed by atoms with Gasteiger partial charge in [0.1, 0.15) is 30.7 Å². The summed E-state index contributed by atoms with van der Waals surface area (Å²) in [6.45, 7) is 9.99. The van der Waals surface area contributed by atoms with Gasteiger partial charge in [-0.05, 0) is 20.8 Å². The summed E-state index contributed by atoms with van der Waals surface area (Å²) >= 11 is 0. The summed E-state index contributed by atoms with van der Waals surface area (Å²) in [5.41, 5.74) is 1.37. The Balaban J connectivity index is 1.46. The summed E-state index contributed by atoms with van der Waals surface area (Å²) in [4.78, 5) is 17.8. The van der Waals surface area contributed by atoms with E-state index in [2.05, 4.69) is 24.8 Å². The van der Waals surface area contributed by atoms with E-state index in [0.29, 0.717) is 30.5 Å². The van der Waals surface area contributed by atoms with Gasteiger partial charge in [0.15, 0.2) is 5.75 Å². The second-order valence-corrected chi connectivity index (χ2v) is 6.97. The Kier molecular flexibility index (Phi) is 4.82. The van der Waals surface area contributed by atoms with E-state index in [0.717, 1.165) is 43.5 Å². The van der Waals surface area contributed by atoms with E-state index in [1.807, 2.05) is 26.8 Å². The molecule has 4 rings (SSSR count). The summed E-state index contributed by atoms with van der Waals surface area (Å²) < 4.78 is 25.5. The molecule has 0 spiro atoms. The molecule has 1 atom stereocenters. The maximum atomic E-state index is 14.6. The van der Waals surface area contributed by atoms with Crippen molar-refractivity contribution in [2.75, 3.05) is 44.3 Å². The Morgan fingerprint density at radius 1 is 1.00 bits per heavy atom. The number of aryl methyl sites for hydroxylation is 2. The molecule has 1 fully saturated rings. The van der Waals surface area contributed by atoms with E-state index in [-0.39, 0.29) is 11.9 Å². The second kappa shape index (κ2) is 7.26. The lowest BCUT2D eigenvalue weighted by molar-refractivity contribution is 0.157. The van der Waals surface area contributed by atoms with Crippen molar-refractivity contribution in [3.05, 3.63) is 35.2 Å². The van der Waals surface area contributed by atoms with Crippen LogP contribution in [0.5, 0.6) is 11.6 Å². The third-order valence-corrected chi connectivity index (χ3v) is 5.05. The third kappa shape index (κ3) is 3.66. The maximum Gasteiger partial charge on any atom is 0.257 e. The summed E-state index contributed by atoms with van der Waals surface area (Å²) in [5.74, 6) is 2.15. The van der Waals surface area contributed by atoms with Gasteiger partial charge in [0, 0.05) is 44.0 Å². The number of ether oxygens (including phenoxy) is 2. The minimum Gasteiger partial charge on any atom is -0.484 e. The molecule has 0 radical (unpaired) electrons. The first-order chi connectivity index (χ1) is 13.0. The third-order valence-electron chi connectivity index (χ3n) is 5.05. The van der Waals surface area contributed by atoms with E-state index in [1.54, 1.807) is 0 Å². The van der Waals surface area contributed by atoms with Crippen molar-refractivity contribution < 1.29 is 13.9 Å². The Morgan fingerprint density at radius 2 is 1.74 bits per heavy atom. The van der Waals surface area contributed by atoms with E-state index in [4.69, 9.17) is 9.47 Å². The van der Waals surface area contributed by atoms with Crippen LogP contribution in [0.25, 0.3) is 0 Å². The fraction of sp³-hybridized carbons (Fsp3) is 0.526. The quantitative estimate of drug-likeness (QED) is 0.818. The second-order valence-electron chi connectivity index (χ2n) is 6.97. The zero-order chi connectivity index (χ0) is 19.0. The number of aromatic nitrogens is 3. The molecule has 0 amide bonds. The van der Waals surface area contributed by atoms with Crippen LogP contribution in [0.3, 0.4) is 0 Å². The van der Waals surface area contributed by atoms with Gasteiger partial charge in [-0.3, -0.25) is 4.90 Å². The Labute approximate surface area is 158 Å². The predicted octanol–water partition coefficient (Wildman–Crippen LogP) is 2.28. The highest BCUT2D eigenvalue weighted by Gasteiger charge is 2.28. The molecule has 8 heteroatoms. The van der Waals surface area contributed by atoms with Gasteiger partial charge in [-0.2, -0.15) is 0 Å². The summed E-state index contributed by atoms with van der Waals surface area (Å²) in [6, 6.07) is 3.25. The highest BCUT2D eigenvalue weighted by molar-refractivity contribution is 5.40. The predicted molar refractivity (Wildman–Crippen MR) is 98.9 cm³/mol. The lowest BCUT2D eigenvalue weighted by atomic mass is 10.1. The Bertz CT molecular complexity index is 819. The van der Waals surface area contributed by atoms with Crippen molar-refractivity contribution in [2.24, 2.45) is 0 Å². The van der Waals surface area contributed by atoms with Crippen LogP contribution in [-0.4, -0.2) is 59.2 Å². The normalized spacial score (nSPS) is 18.4. The van der Waals surface area contributed by atoms with E-state index >= 15 is 0 Å². The van der Waals surface area contributed by atoms with E-state index in [9.17, 15) is 4.39 Å². The molecule has 2 aliphatic rings. The standard InChI is InChI=1S/C19H24FN5O2/c1-12-10-17(22-14(3)21-12)25-6-4-24(5-7-25)13(2)18-15(20)11-16-19(23-18)27-9-8-26-16/h10-11,13H,4-9H2,1-3H3. The maximum absolute atomic E-state index is 14.6. The molecule has 4 heterocycles. The Hall–Kier alpha value is -2.48. The van der Waals surface area contributed by atoms with Crippen molar-refractivity contribution >= 4 is 5.82 Å². The van der Waals surface area contributed by atoms with Crippen LogP contribution in [-0.2, 0) is 0 Å². The number of fused-ring (bicyclic) bond motifs is 1. The number of pyridine rings is 1. The average Bonchev–Trinajstić information content (AvgIpc) is 2.66. The van der Waals surface area contributed by atoms with Gasteiger partial charge in [0.05, 0.1) is 11.7 Å². The zero-order valence-electron chi connectivity index (χ0n) is 15.9. The molecule has 0 aromatic carbocycles. The van der Waals surface area contributed by atoms with Crippen molar-refractivity contribution in [3.8, 4) is 11.6 Å². The molecule has 7 nitrogen and oxygen atoms in total. The number of piperazine rings is 1. The van der Waals surface area contributed by atoms with Crippen molar-refractivity contribution in [2.45, 2.75) is 26.8 Å². The summed E-state index contributed by atoms with van der Waals surface area (Å²) in [7, 11) is 0. The van der Waals surface area contributed by atoms with Crippen LogP contribution in [0.4, 0.5) is 10.2 Å². The number of hydrogen-bond donors (Lipinski definition) is 0. The molecule has 1 unspecified atom stereocenters. The van der Waals surface area contributed by atoms with Crippen molar-refractivity contribution in [1.82, 2.24) is 19.9 Å². The molecule has 2 aliphatic heterocycles. The van der Waals surface area contributed by atoms with Gasteiger partial charge in [-0.1, -0.05) is 0 Å². The molecule has 1 saturated heterocycles. The SMILES string of the molecule is Cc1cc(N2CCN(C(C)c3nc4c(cc3F)OCCO4)CC2)nc(C)n1. The van der Waals surface area contributed by atoms with Crippen LogP contribution in [0.2, 0.25) is 0 Å². The fourth-order valence-electron chi connectivity index (χ4n) is 3.63. The first-order valence-corrected chi connectivity index (χ1v) is 9.28. The van der Waals surface area contributed by atoms with E-state index < -0.39 is 0 Å². The first-order valence-electron chi connectivity index (χ1n) is 9.28. The molecule has 0 N–H and O–H groups in total. The smallest absolute Gasteiger partial charge is 0.257 e. The topological polar surface area (TPSA) is 63.6 Å². The lowest BCUT2D eigenvalue weighted by Gasteiger charge is -2.38. The molecule has 0 aliphatic carbocycles. The number of anilines is 1. The fourth-order valence-corrected chi connectivity index (χ4v) is 3.63. The largest absolute Gasteiger partial charge is 0.484 e. The van der Waals surface area contributed by atoms with Gasteiger partial charge in [0.25, 0.3) is 5.88 Å². The van der Waals surface area contributed by atoms with Crippen LogP contribution >= 0.6 is 0 Å². The number of rotatable bonds is 3. The molecule has 2 aromatic heterocycles. The number of nitrogens with zero attached hydrogens (tertiary/aromatic N) is 5. The molecule has 0 bridgehead atoms. The minimum atomic E-state index is -0.351. The van der Waals surface area contributed by atoms with Crippen LogP contribution in [0.1, 0.15) is 30.2 Å². The first kappa shape index (κ1) is 17.9. The van der Waals surface area contributed by atoms with Gasteiger partial charge < -0.3 is 14.4 Å². The number of hydrogen-bond acceptors (Lipinski definition) is 7. The molecule has 2 aromatic rings. The van der Waals surface area contributed by atoms with Gasteiger partial charge >= 0.3 is 0 Å². The highest BCUT2D eigenvalue weighted by atomic mass is 19.1. The summed E-state index contributed by atoms with van der Waals surface area (Å²) in [5, 5.41) is 0. The van der Waals surface area contributed by atoms with Gasteiger partial charge in [-0.15, -0.1) is 0 Å². The molecule has 0 saturated carbocycles. The van der Waals surface area contributed by atoms with Crippen LogP contribution in [0, 0.1) is 19.7 Å². The van der Waals surface area contributed by atoms with Crippen LogP contribution in [0.15, 0.2) is 12.1 Å². The summed E-state index contributed by atoms with van der Waals surface area (Å²) in [6.07, 6.45) is 0. The van der Waals surface area contributed by atoms with Crippen LogP contribution < -0.4 is 14.4 Å². The number of halogens is 1. The highest BCUT2D eigenvalue weighted by Crippen LogP contribution is 2.33. The van der Waals surface area contributed by atoms with Crippen molar-refractivity contribution in [3.63, 3.8) is 0 Å². The average molecular weight is 373 g/mol.